The Balaban J connectivity index is 1.66. The number of rotatable bonds is 4. The Hall–Kier alpha value is -3.80. The minimum absolute atomic E-state index is 0.0141. The van der Waals surface area contributed by atoms with Crippen molar-refractivity contribution in [1.29, 1.82) is 0 Å². The van der Waals surface area contributed by atoms with E-state index in [0.717, 1.165) is 16.9 Å². The lowest BCUT2D eigenvalue weighted by Gasteiger charge is -2.21. The van der Waals surface area contributed by atoms with Crippen LogP contribution in [0.4, 0.5) is 4.39 Å². The Morgan fingerprint density at radius 1 is 0.935 bits per heavy atom. The smallest absolute Gasteiger partial charge is 0.336 e. The molecule has 0 saturated carbocycles. The molecule has 2 aromatic carbocycles. The average Bonchev–Trinajstić information content (AvgIpc) is 2.72. The van der Waals surface area contributed by atoms with Gasteiger partial charge in [0.2, 0.25) is 0 Å². The van der Waals surface area contributed by atoms with Crippen LogP contribution < -0.4 is 4.74 Å². The minimum Gasteiger partial charge on any atom is -0.488 e. The molecule has 2 aromatic heterocycles. The van der Waals surface area contributed by atoms with E-state index in [-0.39, 0.29) is 16.6 Å². The van der Waals surface area contributed by atoms with Gasteiger partial charge in [0.15, 0.2) is 0 Å². The Morgan fingerprint density at radius 3 is 2.26 bits per heavy atom. The van der Waals surface area contributed by atoms with Crippen molar-refractivity contribution in [3.63, 3.8) is 0 Å². The summed E-state index contributed by atoms with van der Waals surface area (Å²) in [7, 11) is 0. The largest absolute Gasteiger partial charge is 0.488 e. The van der Waals surface area contributed by atoms with Gasteiger partial charge in [0.1, 0.15) is 17.2 Å². The molecule has 0 aliphatic rings. The number of aromatic carboxylic acids is 1. The number of benzene rings is 2. The fourth-order valence-corrected chi connectivity index (χ4v) is 3.29. The van der Waals surface area contributed by atoms with Gasteiger partial charge in [-0.2, -0.15) is 0 Å². The van der Waals surface area contributed by atoms with Crippen molar-refractivity contribution < 1.29 is 19.0 Å². The molecule has 0 fully saturated rings. The molecule has 1 N–H and O–H groups in total. The van der Waals surface area contributed by atoms with Crippen LogP contribution >= 0.6 is 0 Å². The van der Waals surface area contributed by atoms with Crippen molar-refractivity contribution in [3.8, 4) is 28.3 Å². The van der Waals surface area contributed by atoms with Gasteiger partial charge < -0.3 is 9.84 Å². The fraction of sp³-hybridized carbons (Fsp3) is 0.160. The molecule has 0 bridgehead atoms. The molecule has 5 nitrogen and oxygen atoms in total. The maximum absolute atomic E-state index is 13.6. The lowest BCUT2D eigenvalue weighted by molar-refractivity contribution is 0.0699. The van der Waals surface area contributed by atoms with Crippen LogP contribution in [0.15, 0.2) is 66.9 Å². The van der Waals surface area contributed by atoms with Gasteiger partial charge in [-0.25, -0.2) is 14.2 Å². The number of halogens is 1. The number of fused-ring (bicyclic) bond motifs is 1. The van der Waals surface area contributed by atoms with E-state index in [9.17, 15) is 14.3 Å². The van der Waals surface area contributed by atoms with E-state index in [4.69, 9.17) is 4.74 Å². The van der Waals surface area contributed by atoms with E-state index in [1.54, 1.807) is 12.3 Å². The van der Waals surface area contributed by atoms with E-state index in [1.807, 2.05) is 51.1 Å². The molecule has 156 valence electrons. The Labute approximate surface area is 179 Å². The molecule has 4 aromatic rings. The Kier molecular flexibility index (Phi) is 5.15. The highest BCUT2D eigenvalue weighted by Gasteiger charge is 2.15. The van der Waals surface area contributed by atoms with Crippen molar-refractivity contribution in [2.75, 3.05) is 0 Å². The maximum Gasteiger partial charge on any atom is 0.336 e. The van der Waals surface area contributed by atoms with Gasteiger partial charge in [0.25, 0.3) is 0 Å². The summed E-state index contributed by atoms with van der Waals surface area (Å²) < 4.78 is 19.4. The molecule has 0 amide bonds. The van der Waals surface area contributed by atoms with E-state index in [1.165, 1.54) is 24.3 Å². The zero-order chi connectivity index (χ0) is 22.2. The summed E-state index contributed by atoms with van der Waals surface area (Å²) in [4.78, 5) is 20.6. The number of ether oxygens (including phenoxy) is 1. The zero-order valence-electron chi connectivity index (χ0n) is 17.4. The van der Waals surface area contributed by atoms with Gasteiger partial charge in [-0.15, -0.1) is 0 Å². The Bertz CT molecular complexity index is 1260. The number of aromatic nitrogens is 2. The lowest BCUT2D eigenvalue weighted by atomic mass is 10.0. The summed E-state index contributed by atoms with van der Waals surface area (Å²) in [5.74, 6) is -0.863. The van der Waals surface area contributed by atoms with Gasteiger partial charge in [-0.3, -0.25) is 4.98 Å². The van der Waals surface area contributed by atoms with Crippen molar-refractivity contribution in [2.45, 2.75) is 26.4 Å². The monoisotopic (exact) mass is 416 g/mol. The number of carboxylic acids is 1. The molecule has 0 spiro atoms. The van der Waals surface area contributed by atoms with E-state index < -0.39 is 11.8 Å². The summed E-state index contributed by atoms with van der Waals surface area (Å²) in [6, 6.07) is 16.8. The predicted molar refractivity (Wildman–Crippen MR) is 118 cm³/mol. The fourth-order valence-electron chi connectivity index (χ4n) is 3.29. The minimum atomic E-state index is -1.14. The SMILES string of the molecule is CC(C)(C)Oc1ccc(-c2ccc(-c3cc(C(=O)O)c4cc(F)ccc4n3)nc2)cc1. The second-order valence-electron chi connectivity index (χ2n) is 8.19. The van der Waals surface area contributed by atoms with E-state index >= 15 is 0 Å². The van der Waals surface area contributed by atoms with Crippen LogP contribution in [0.5, 0.6) is 5.75 Å². The molecule has 2 heterocycles. The highest BCUT2D eigenvalue weighted by atomic mass is 19.1. The highest BCUT2D eigenvalue weighted by Crippen LogP contribution is 2.28. The molecule has 0 radical (unpaired) electrons. The van der Waals surface area contributed by atoms with Crippen LogP contribution in [0.1, 0.15) is 31.1 Å². The summed E-state index contributed by atoms with van der Waals surface area (Å²) in [5.41, 5.74) is 2.96. The molecule has 4 rings (SSSR count). The number of hydrogen-bond donors (Lipinski definition) is 1. The van der Waals surface area contributed by atoms with Crippen LogP contribution in [0.25, 0.3) is 33.4 Å². The van der Waals surface area contributed by atoms with Crippen LogP contribution in [0, 0.1) is 5.82 Å². The first kappa shape index (κ1) is 20.5. The van der Waals surface area contributed by atoms with Crippen LogP contribution in [0.3, 0.4) is 0 Å². The number of carbonyl (C=O) groups is 1. The quantitative estimate of drug-likeness (QED) is 0.443. The predicted octanol–water partition coefficient (Wildman–Crippen LogP) is 5.98. The number of nitrogens with zero attached hydrogens (tertiary/aromatic N) is 2. The Morgan fingerprint density at radius 2 is 1.65 bits per heavy atom. The second kappa shape index (κ2) is 7.80. The summed E-state index contributed by atoms with van der Waals surface area (Å²) in [5, 5.41) is 9.80. The second-order valence-corrected chi connectivity index (χ2v) is 8.19. The molecule has 0 unspecified atom stereocenters. The molecule has 0 atom stereocenters. The summed E-state index contributed by atoms with van der Waals surface area (Å²) in [6.07, 6.45) is 1.71. The third kappa shape index (κ3) is 4.53. The first-order chi connectivity index (χ1) is 14.7. The van der Waals surface area contributed by atoms with Crippen molar-refractivity contribution in [3.05, 3.63) is 78.2 Å². The molecular formula is C25H21FN2O3. The maximum atomic E-state index is 13.6. The van der Waals surface area contributed by atoms with Crippen LogP contribution in [0.2, 0.25) is 0 Å². The van der Waals surface area contributed by atoms with Crippen LogP contribution in [-0.2, 0) is 0 Å². The normalized spacial score (nSPS) is 11.5. The molecular weight excluding hydrogens is 395 g/mol. The first-order valence-corrected chi connectivity index (χ1v) is 9.79. The molecule has 0 saturated heterocycles. The zero-order valence-corrected chi connectivity index (χ0v) is 17.4. The van der Waals surface area contributed by atoms with Gasteiger partial charge in [-0.05, 0) is 68.8 Å². The van der Waals surface area contributed by atoms with Crippen molar-refractivity contribution >= 4 is 16.9 Å². The molecule has 0 aliphatic heterocycles. The lowest BCUT2D eigenvalue weighted by Crippen LogP contribution is -2.22. The molecule has 0 aliphatic carbocycles. The van der Waals surface area contributed by atoms with E-state index in [2.05, 4.69) is 9.97 Å². The topological polar surface area (TPSA) is 72.3 Å². The van der Waals surface area contributed by atoms with E-state index in [0.29, 0.717) is 16.9 Å². The number of carboxylic acid groups (broad SMARTS) is 1. The number of hydrogen-bond acceptors (Lipinski definition) is 4. The summed E-state index contributed by atoms with van der Waals surface area (Å²) >= 11 is 0. The van der Waals surface area contributed by atoms with Gasteiger partial charge in [-0.1, -0.05) is 18.2 Å². The van der Waals surface area contributed by atoms with Crippen molar-refractivity contribution in [2.24, 2.45) is 0 Å². The summed E-state index contributed by atoms with van der Waals surface area (Å²) in [6.45, 7) is 5.99. The average molecular weight is 416 g/mol. The molecule has 31 heavy (non-hydrogen) atoms. The van der Waals surface area contributed by atoms with Crippen LogP contribution in [-0.4, -0.2) is 26.6 Å². The third-order valence-corrected chi connectivity index (χ3v) is 4.64. The third-order valence-electron chi connectivity index (χ3n) is 4.64. The van der Waals surface area contributed by atoms with Gasteiger partial charge in [0, 0.05) is 17.1 Å². The number of pyridine rings is 2. The highest BCUT2D eigenvalue weighted by molar-refractivity contribution is 6.03. The first-order valence-electron chi connectivity index (χ1n) is 9.79. The van der Waals surface area contributed by atoms with Gasteiger partial charge >= 0.3 is 5.97 Å². The van der Waals surface area contributed by atoms with Gasteiger partial charge in [0.05, 0.1) is 22.5 Å². The molecule has 6 heteroatoms. The standard InChI is InChI=1S/C25H21FN2O3/c1-25(2,3)31-18-8-4-15(5-9-18)16-6-10-22(27-14-16)23-13-20(24(29)30)19-12-17(26)7-11-21(19)28-23/h4-14H,1-3H3,(H,29,30). The van der Waals surface area contributed by atoms with Crippen molar-refractivity contribution in [1.82, 2.24) is 9.97 Å².